The van der Waals surface area contributed by atoms with Crippen molar-refractivity contribution < 1.29 is 4.74 Å². The molecule has 0 aromatic carbocycles. The van der Waals surface area contributed by atoms with Gasteiger partial charge in [0.05, 0.1) is 0 Å². The van der Waals surface area contributed by atoms with Gasteiger partial charge in [-0.15, -0.1) is 11.4 Å². The molecule has 0 saturated carbocycles. The van der Waals surface area contributed by atoms with Gasteiger partial charge < -0.3 is 4.74 Å². The smallest absolute Gasteiger partial charge is 0.353 e. The largest absolute Gasteiger partial charge is 0.457 e. The molecule has 6 heteroatoms. The molecule has 0 saturated heterocycles. The van der Waals surface area contributed by atoms with E-state index in [1.807, 2.05) is 0 Å². The molecule has 1 heterocycles. The average Bonchev–Trinajstić information content (AvgIpc) is 2.10. The molecule has 0 unspecified atom stereocenters. The fraction of sp³-hybridized carbons (Fsp3) is 0.286. The average molecular weight is 214 g/mol. The summed E-state index contributed by atoms with van der Waals surface area (Å²) in [6, 6.07) is 0. The van der Waals surface area contributed by atoms with Crippen molar-refractivity contribution in [3.63, 3.8) is 0 Å². The highest BCUT2D eigenvalue weighted by Crippen LogP contribution is 2.11. The summed E-state index contributed by atoms with van der Waals surface area (Å²) in [5, 5.41) is 0.214. The molecule has 0 radical (unpaired) electrons. The summed E-state index contributed by atoms with van der Waals surface area (Å²) < 4.78 is 6.64. The summed E-state index contributed by atoms with van der Waals surface area (Å²) in [5.74, 6) is 2.27. The van der Waals surface area contributed by atoms with Gasteiger partial charge in [0, 0.05) is 7.05 Å². The first-order chi connectivity index (χ1) is 6.15. The van der Waals surface area contributed by atoms with Gasteiger partial charge in [0.15, 0.2) is 10.6 Å². The summed E-state index contributed by atoms with van der Waals surface area (Å²) in [6.07, 6.45) is 4.97. The number of terminal acetylenes is 1. The Hall–Kier alpha value is -1.19. The van der Waals surface area contributed by atoms with Crippen LogP contribution < -0.4 is 10.4 Å². The van der Waals surface area contributed by atoms with Crippen molar-refractivity contribution in [1.82, 2.24) is 9.55 Å². The highest BCUT2D eigenvalue weighted by Gasteiger charge is 2.00. The van der Waals surface area contributed by atoms with E-state index in [0.717, 1.165) is 11.3 Å². The van der Waals surface area contributed by atoms with Gasteiger partial charge in [-0.3, -0.25) is 4.57 Å². The van der Waals surface area contributed by atoms with Crippen LogP contribution in [0.25, 0.3) is 0 Å². The van der Waals surface area contributed by atoms with Crippen molar-refractivity contribution >= 4 is 23.6 Å². The van der Waals surface area contributed by atoms with Gasteiger partial charge in [0.1, 0.15) is 0 Å². The van der Waals surface area contributed by atoms with Gasteiger partial charge in [-0.05, 0) is 23.6 Å². The lowest BCUT2D eigenvalue weighted by molar-refractivity contribution is 0.364. The van der Waals surface area contributed by atoms with Gasteiger partial charge in [0.2, 0.25) is 0 Å². The normalized spacial score (nSPS) is 9.23. The van der Waals surface area contributed by atoms with E-state index in [2.05, 4.69) is 10.9 Å². The molecular formula is C7H6N2O2S2. The second kappa shape index (κ2) is 4.16. The molecule has 68 valence electrons. The number of rotatable bonds is 2. The van der Waals surface area contributed by atoms with Crippen molar-refractivity contribution in [2.45, 2.75) is 0 Å². The SMILES string of the molecule is C#CCOc1nc(=O)n(C)c(=S)s1. The first-order valence-electron chi connectivity index (χ1n) is 3.29. The van der Waals surface area contributed by atoms with E-state index in [4.69, 9.17) is 23.4 Å². The monoisotopic (exact) mass is 214 g/mol. The quantitative estimate of drug-likeness (QED) is 0.533. The molecule has 4 nitrogen and oxygen atoms in total. The predicted octanol–water partition coefficient (Wildman–Crippen LogP) is 0.583. The van der Waals surface area contributed by atoms with Gasteiger partial charge in [-0.25, -0.2) is 4.79 Å². The maximum Gasteiger partial charge on any atom is 0.353 e. The van der Waals surface area contributed by atoms with Gasteiger partial charge >= 0.3 is 5.69 Å². The summed E-state index contributed by atoms with van der Waals surface area (Å²) >= 11 is 6.00. The number of aromatic nitrogens is 2. The minimum Gasteiger partial charge on any atom is -0.457 e. The van der Waals surface area contributed by atoms with E-state index in [9.17, 15) is 4.79 Å². The minimum atomic E-state index is -0.434. The second-order valence-electron chi connectivity index (χ2n) is 2.08. The Kier molecular flexibility index (Phi) is 3.17. The molecule has 1 rings (SSSR count). The van der Waals surface area contributed by atoms with Crippen molar-refractivity contribution in [3.8, 4) is 17.5 Å². The molecule has 13 heavy (non-hydrogen) atoms. The molecule has 0 N–H and O–H groups in total. The second-order valence-corrected chi connectivity index (χ2v) is 3.67. The lowest BCUT2D eigenvalue weighted by Crippen LogP contribution is -2.19. The van der Waals surface area contributed by atoms with Crippen LogP contribution in [0.1, 0.15) is 0 Å². The maximum atomic E-state index is 11.1. The van der Waals surface area contributed by atoms with Gasteiger partial charge in [-0.1, -0.05) is 5.92 Å². The highest BCUT2D eigenvalue weighted by molar-refractivity contribution is 7.73. The number of hydrogen-bond acceptors (Lipinski definition) is 5. The number of hydrogen-bond donors (Lipinski definition) is 0. The van der Waals surface area contributed by atoms with E-state index in [1.54, 1.807) is 7.05 Å². The summed E-state index contributed by atoms with van der Waals surface area (Å²) in [4.78, 5) is 14.7. The Morgan fingerprint density at radius 2 is 2.54 bits per heavy atom. The highest BCUT2D eigenvalue weighted by atomic mass is 32.1. The molecule has 0 aliphatic rings. The van der Waals surface area contributed by atoms with Crippen LogP contribution in [-0.4, -0.2) is 16.2 Å². The maximum absolute atomic E-state index is 11.1. The molecule has 0 amide bonds. The minimum absolute atomic E-state index is 0.0887. The molecule has 0 spiro atoms. The summed E-state index contributed by atoms with van der Waals surface area (Å²) in [7, 11) is 1.55. The molecule has 0 atom stereocenters. The van der Waals surface area contributed by atoms with E-state index in [-0.39, 0.29) is 11.8 Å². The van der Waals surface area contributed by atoms with Crippen LogP contribution in [0.5, 0.6) is 5.19 Å². The number of ether oxygens (including phenoxy) is 1. The third kappa shape index (κ3) is 2.37. The Morgan fingerprint density at radius 1 is 1.85 bits per heavy atom. The van der Waals surface area contributed by atoms with Crippen molar-refractivity contribution in [2.75, 3.05) is 6.61 Å². The summed E-state index contributed by atoms with van der Waals surface area (Å²) in [5.41, 5.74) is -0.434. The molecule has 1 aromatic heterocycles. The topological polar surface area (TPSA) is 44.1 Å². The third-order valence-corrected chi connectivity index (χ3v) is 2.56. The van der Waals surface area contributed by atoms with Crippen molar-refractivity contribution in [2.24, 2.45) is 7.05 Å². The van der Waals surface area contributed by atoms with E-state index in [0.29, 0.717) is 3.95 Å². The zero-order valence-corrected chi connectivity index (χ0v) is 8.44. The molecule has 0 fully saturated rings. The predicted molar refractivity (Wildman–Crippen MR) is 52.5 cm³/mol. The lowest BCUT2D eigenvalue weighted by Gasteiger charge is -1.99. The van der Waals surface area contributed by atoms with Crippen LogP contribution in [0.3, 0.4) is 0 Å². The van der Waals surface area contributed by atoms with E-state index >= 15 is 0 Å². The van der Waals surface area contributed by atoms with Crippen LogP contribution in [0.4, 0.5) is 0 Å². The van der Waals surface area contributed by atoms with Crippen LogP contribution >= 0.6 is 23.6 Å². The molecule has 0 bridgehead atoms. The van der Waals surface area contributed by atoms with Gasteiger partial charge in [0.25, 0.3) is 5.19 Å². The Balaban J connectivity index is 3.08. The standard InChI is InChI=1S/C7H6N2O2S2/c1-3-4-11-6-8-5(10)9(2)7(12)13-6/h1H,4H2,2H3. The first-order valence-corrected chi connectivity index (χ1v) is 4.52. The molecule has 0 aliphatic heterocycles. The first kappa shape index (κ1) is 9.89. The molecular weight excluding hydrogens is 208 g/mol. The van der Waals surface area contributed by atoms with Crippen LogP contribution in [0.15, 0.2) is 4.79 Å². The molecule has 1 aromatic rings. The molecule has 0 aliphatic carbocycles. The Morgan fingerprint density at radius 3 is 3.08 bits per heavy atom. The lowest BCUT2D eigenvalue weighted by atomic mass is 10.8. The third-order valence-electron chi connectivity index (χ3n) is 1.20. The Labute approximate surface area is 83.8 Å². The van der Waals surface area contributed by atoms with Crippen molar-refractivity contribution in [1.29, 1.82) is 0 Å². The number of nitrogens with zero attached hydrogens (tertiary/aromatic N) is 2. The fourth-order valence-electron chi connectivity index (χ4n) is 0.562. The van der Waals surface area contributed by atoms with Crippen LogP contribution in [0.2, 0.25) is 0 Å². The van der Waals surface area contributed by atoms with E-state index in [1.165, 1.54) is 4.57 Å². The Bertz CT molecular complexity index is 424. The van der Waals surface area contributed by atoms with Gasteiger partial charge in [-0.2, -0.15) is 0 Å². The van der Waals surface area contributed by atoms with Crippen molar-refractivity contribution in [3.05, 3.63) is 14.4 Å². The fourth-order valence-corrected chi connectivity index (χ4v) is 1.46. The zero-order chi connectivity index (χ0) is 9.84. The summed E-state index contributed by atoms with van der Waals surface area (Å²) in [6.45, 7) is 0.0887. The van der Waals surface area contributed by atoms with E-state index < -0.39 is 5.69 Å². The van der Waals surface area contributed by atoms with Crippen LogP contribution in [0, 0.1) is 16.3 Å². The zero-order valence-electron chi connectivity index (χ0n) is 6.81. The van der Waals surface area contributed by atoms with Crippen LogP contribution in [-0.2, 0) is 7.05 Å².